The Labute approximate surface area is 187 Å². The third-order valence-electron chi connectivity index (χ3n) is 4.64. The Morgan fingerprint density at radius 2 is 1.72 bits per heavy atom. The van der Waals surface area contributed by atoms with Gasteiger partial charge >= 0.3 is 0 Å². The van der Waals surface area contributed by atoms with E-state index in [2.05, 4.69) is 5.32 Å². The molecule has 0 spiro atoms. The van der Waals surface area contributed by atoms with Gasteiger partial charge in [0.25, 0.3) is 0 Å². The number of nitrogens with one attached hydrogen (secondary N) is 1. The van der Waals surface area contributed by atoms with Gasteiger partial charge in [-0.15, -0.1) is 11.8 Å². The molecule has 4 nitrogen and oxygen atoms in total. The van der Waals surface area contributed by atoms with Crippen LogP contribution < -0.4 is 5.32 Å². The Bertz CT molecular complexity index is 823. The molecule has 0 fully saturated rings. The first kappa shape index (κ1) is 23.6. The maximum absolute atomic E-state index is 13.1. The summed E-state index contributed by atoms with van der Waals surface area (Å²) in [6.07, 6.45) is 0.540. The number of nitrogens with zero attached hydrogens (tertiary/aromatic N) is 1. The minimum absolute atomic E-state index is 0.0887. The average Bonchev–Trinajstić information content (AvgIpc) is 2.71. The Morgan fingerprint density at radius 3 is 2.28 bits per heavy atom. The van der Waals surface area contributed by atoms with Crippen molar-refractivity contribution in [2.24, 2.45) is 0 Å². The fraction of sp³-hybridized carbons (Fsp3) is 0.364. The molecule has 0 aliphatic heterocycles. The summed E-state index contributed by atoms with van der Waals surface area (Å²) in [5.41, 5.74) is 2.96. The SMILES string of the molecule is CC[C@@H](C(=O)NC)N(Cc1ccc(C)cc1)C(=O)CSCc1c(Cl)cccc1Cl. The lowest BCUT2D eigenvalue weighted by molar-refractivity contribution is -0.139. The van der Waals surface area contributed by atoms with Crippen molar-refractivity contribution in [1.29, 1.82) is 0 Å². The number of halogens is 2. The molecule has 0 aliphatic rings. The van der Waals surface area contributed by atoms with Crippen molar-refractivity contribution in [2.45, 2.75) is 38.6 Å². The van der Waals surface area contributed by atoms with Gasteiger partial charge in [0, 0.05) is 29.4 Å². The van der Waals surface area contributed by atoms with E-state index in [0.717, 1.165) is 16.7 Å². The summed E-state index contributed by atoms with van der Waals surface area (Å²) >= 11 is 13.9. The molecule has 0 radical (unpaired) electrons. The van der Waals surface area contributed by atoms with Crippen LogP contribution in [-0.2, 0) is 21.9 Å². The highest BCUT2D eigenvalue weighted by Crippen LogP contribution is 2.28. The molecule has 2 rings (SSSR count). The largest absolute Gasteiger partial charge is 0.357 e. The van der Waals surface area contributed by atoms with Gasteiger partial charge in [0.1, 0.15) is 6.04 Å². The first-order valence-corrected chi connectivity index (χ1v) is 11.4. The van der Waals surface area contributed by atoms with Crippen molar-refractivity contribution in [3.63, 3.8) is 0 Å². The van der Waals surface area contributed by atoms with E-state index in [-0.39, 0.29) is 17.6 Å². The highest BCUT2D eigenvalue weighted by Gasteiger charge is 2.27. The minimum Gasteiger partial charge on any atom is -0.357 e. The first-order valence-electron chi connectivity index (χ1n) is 9.44. The van der Waals surface area contributed by atoms with E-state index in [4.69, 9.17) is 23.2 Å². The molecule has 7 heteroatoms. The fourth-order valence-corrected chi connectivity index (χ4v) is 4.62. The number of hydrogen-bond acceptors (Lipinski definition) is 3. The topological polar surface area (TPSA) is 49.4 Å². The molecule has 0 heterocycles. The van der Waals surface area contributed by atoms with Gasteiger partial charge in [-0.3, -0.25) is 9.59 Å². The van der Waals surface area contributed by atoms with E-state index in [1.54, 1.807) is 30.1 Å². The molecular formula is C22H26Cl2N2O2S. The molecule has 2 aromatic rings. The highest BCUT2D eigenvalue weighted by atomic mass is 35.5. The lowest BCUT2D eigenvalue weighted by Gasteiger charge is -2.30. The summed E-state index contributed by atoms with van der Waals surface area (Å²) < 4.78 is 0. The van der Waals surface area contributed by atoms with E-state index in [1.165, 1.54) is 11.8 Å². The fourth-order valence-electron chi connectivity index (χ4n) is 2.97. The summed E-state index contributed by atoms with van der Waals surface area (Å²) in [4.78, 5) is 27.1. The third kappa shape index (κ3) is 6.66. The lowest BCUT2D eigenvalue weighted by atomic mass is 10.1. The molecule has 0 unspecified atom stereocenters. The summed E-state index contributed by atoms with van der Waals surface area (Å²) in [6, 6.07) is 12.8. The number of amides is 2. The average molecular weight is 453 g/mol. The Kier molecular flexibility index (Phi) is 9.34. The van der Waals surface area contributed by atoms with E-state index in [1.807, 2.05) is 38.1 Å². The summed E-state index contributed by atoms with van der Waals surface area (Å²) in [7, 11) is 1.59. The molecule has 2 amide bonds. The van der Waals surface area contributed by atoms with Crippen molar-refractivity contribution in [3.05, 3.63) is 69.2 Å². The van der Waals surface area contributed by atoms with Gasteiger partial charge in [-0.25, -0.2) is 0 Å². The molecule has 2 aromatic carbocycles. The normalized spacial score (nSPS) is 11.8. The van der Waals surface area contributed by atoms with Crippen molar-refractivity contribution >= 4 is 46.8 Å². The van der Waals surface area contributed by atoms with Gasteiger partial charge in [-0.1, -0.05) is 66.0 Å². The number of thioether (sulfide) groups is 1. The van der Waals surface area contributed by atoms with Crippen LogP contribution in [0.1, 0.15) is 30.0 Å². The van der Waals surface area contributed by atoms with Crippen molar-refractivity contribution in [3.8, 4) is 0 Å². The monoisotopic (exact) mass is 452 g/mol. The number of benzene rings is 2. The smallest absolute Gasteiger partial charge is 0.242 e. The molecule has 0 saturated carbocycles. The van der Waals surface area contributed by atoms with Crippen LogP contribution in [0.15, 0.2) is 42.5 Å². The maximum atomic E-state index is 13.1. The summed E-state index contributed by atoms with van der Waals surface area (Å²) in [5, 5.41) is 3.85. The van der Waals surface area contributed by atoms with Crippen LogP contribution in [0.2, 0.25) is 10.0 Å². The number of rotatable bonds is 9. The second-order valence-corrected chi connectivity index (χ2v) is 8.54. The van der Waals surface area contributed by atoms with E-state index in [0.29, 0.717) is 28.8 Å². The van der Waals surface area contributed by atoms with Crippen LogP contribution >= 0.6 is 35.0 Å². The van der Waals surface area contributed by atoms with Crippen LogP contribution in [0.3, 0.4) is 0 Å². The van der Waals surface area contributed by atoms with Gasteiger partial charge in [0.05, 0.1) is 5.75 Å². The van der Waals surface area contributed by atoms with Crippen LogP contribution in [0.5, 0.6) is 0 Å². The minimum atomic E-state index is -0.515. The lowest BCUT2D eigenvalue weighted by Crippen LogP contribution is -2.48. The van der Waals surface area contributed by atoms with Gasteiger partial charge in [0.15, 0.2) is 0 Å². The molecular weight excluding hydrogens is 427 g/mol. The van der Waals surface area contributed by atoms with E-state index < -0.39 is 6.04 Å². The van der Waals surface area contributed by atoms with Crippen LogP contribution in [0.4, 0.5) is 0 Å². The number of likely N-dealkylation sites (N-methyl/N-ethyl adjacent to an activating group) is 1. The predicted molar refractivity (Wildman–Crippen MR) is 122 cm³/mol. The van der Waals surface area contributed by atoms with Gasteiger partial charge in [-0.2, -0.15) is 0 Å². The first-order chi connectivity index (χ1) is 13.9. The molecule has 1 atom stereocenters. The third-order valence-corrected chi connectivity index (χ3v) is 6.29. The number of hydrogen-bond donors (Lipinski definition) is 1. The quantitative estimate of drug-likeness (QED) is 0.576. The zero-order valence-electron chi connectivity index (χ0n) is 16.9. The Morgan fingerprint density at radius 1 is 1.10 bits per heavy atom. The maximum Gasteiger partial charge on any atom is 0.242 e. The predicted octanol–water partition coefficient (Wildman–Crippen LogP) is 5.09. The number of carbonyl (C=O) groups excluding carboxylic acids is 2. The van der Waals surface area contributed by atoms with Gasteiger partial charge in [-0.05, 0) is 36.6 Å². The molecule has 29 heavy (non-hydrogen) atoms. The van der Waals surface area contributed by atoms with Crippen LogP contribution in [-0.4, -0.2) is 35.6 Å². The standard InChI is InChI=1S/C22H26Cl2N2O2S/c1-4-20(22(28)25-3)26(12-16-10-8-15(2)9-11-16)21(27)14-29-13-17-18(23)6-5-7-19(17)24/h5-11,20H,4,12-14H2,1-3H3,(H,25,28)/t20-/m0/s1. The second kappa shape index (κ2) is 11.5. The number of aryl methyl sites for hydroxylation is 1. The Balaban J connectivity index is 2.12. The second-order valence-electron chi connectivity index (χ2n) is 6.74. The number of carbonyl (C=O) groups is 2. The van der Waals surface area contributed by atoms with Crippen molar-refractivity contribution in [1.82, 2.24) is 10.2 Å². The van der Waals surface area contributed by atoms with Crippen molar-refractivity contribution in [2.75, 3.05) is 12.8 Å². The zero-order valence-corrected chi connectivity index (χ0v) is 19.2. The van der Waals surface area contributed by atoms with Gasteiger partial charge < -0.3 is 10.2 Å². The van der Waals surface area contributed by atoms with Crippen molar-refractivity contribution < 1.29 is 9.59 Å². The molecule has 1 N–H and O–H groups in total. The summed E-state index contributed by atoms with van der Waals surface area (Å²) in [5.74, 6) is 0.515. The van der Waals surface area contributed by atoms with Crippen LogP contribution in [0.25, 0.3) is 0 Å². The van der Waals surface area contributed by atoms with Gasteiger partial charge in [0.2, 0.25) is 11.8 Å². The molecule has 0 aromatic heterocycles. The Hall–Kier alpha value is -1.69. The van der Waals surface area contributed by atoms with E-state index >= 15 is 0 Å². The summed E-state index contributed by atoms with van der Waals surface area (Å²) in [6.45, 7) is 4.31. The molecule has 156 valence electrons. The van der Waals surface area contributed by atoms with Crippen LogP contribution in [0, 0.1) is 6.92 Å². The molecule has 0 aliphatic carbocycles. The zero-order chi connectivity index (χ0) is 21.4. The highest BCUT2D eigenvalue weighted by molar-refractivity contribution is 7.99. The van der Waals surface area contributed by atoms with E-state index in [9.17, 15) is 9.59 Å². The molecule has 0 bridgehead atoms. The molecule has 0 saturated heterocycles.